The second-order valence-electron chi connectivity index (χ2n) is 2.10. The van der Waals surface area contributed by atoms with Crippen molar-refractivity contribution in [3.05, 3.63) is 12.3 Å². The fourth-order valence-corrected chi connectivity index (χ4v) is 0.850. The second kappa shape index (κ2) is 2.64. The van der Waals surface area contributed by atoms with Gasteiger partial charge in [0.2, 0.25) is 0 Å². The van der Waals surface area contributed by atoms with Crippen molar-refractivity contribution in [3.8, 4) is 0 Å². The van der Waals surface area contributed by atoms with Crippen LogP contribution in [0.25, 0.3) is 0 Å². The van der Waals surface area contributed by atoms with E-state index in [1.807, 2.05) is 0 Å². The van der Waals surface area contributed by atoms with E-state index >= 15 is 0 Å². The molecular formula is C7H8O3. The zero-order valence-electron chi connectivity index (χ0n) is 5.66. The molecule has 0 radical (unpaired) electrons. The van der Waals surface area contributed by atoms with E-state index in [4.69, 9.17) is 0 Å². The van der Waals surface area contributed by atoms with Crippen LogP contribution in [0.2, 0.25) is 0 Å². The number of cyclic esters (lactones) is 1. The van der Waals surface area contributed by atoms with Crippen molar-refractivity contribution in [1.82, 2.24) is 0 Å². The third kappa shape index (κ3) is 1.07. The Morgan fingerprint density at radius 1 is 1.60 bits per heavy atom. The topological polar surface area (TPSA) is 43.4 Å². The van der Waals surface area contributed by atoms with Gasteiger partial charge in [0.1, 0.15) is 5.92 Å². The number of ketones is 1. The fraction of sp³-hybridized carbons (Fsp3) is 0.429. The summed E-state index contributed by atoms with van der Waals surface area (Å²) in [5.41, 5.74) is 0. The molecular weight excluding hydrogens is 132 g/mol. The van der Waals surface area contributed by atoms with Crippen molar-refractivity contribution in [1.29, 1.82) is 0 Å². The van der Waals surface area contributed by atoms with Crippen molar-refractivity contribution in [2.24, 2.45) is 5.92 Å². The van der Waals surface area contributed by atoms with E-state index in [0.717, 1.165) is 6.26 Å². The monoisotopic (exact) mass is 140 g/mol. The molecule has 0 aromatic heterocycles. The Morgan fingerprint density at radius 3 is 2.70 bits per heavy atom. The van der Waals surface area contributed by atoms with Crippen LogP contribution in [0.15, 0.2) is 12.3 Å². The van der Waals surface area contributed by atoms with E-state index in [2.05, 4.69) is 4.74 Å². The van der Waals surface area contributed by atoms with E-state index in [1.165, 1.54) is 6.08 Å². The number of esters is 1. The number of rotatable bonds is 1. The predicted octanol–water partition coefficient (Wildman–Crippen LogP) is 0.652. The van der Waals surface area contributed by atoms with E-state index in [0.29, 0.717) is 6.42 Å². The van der Waals surface area contributed by atoms with Gasteiger partial charge in [0.25, 0.3) is 0 Å². The maximum atomic E-state index is 10.8. The molecule has 3 heteroatoms. The second-order valence-corrected chi connectivity index (χ2v) is 2.10. The first-order chi connectivity index (χ1) is 4.75. The zero-order valence-corrected chi connectivity index (χ0v) is 5.66. The molecule has 1 heterocycles. The van der Waals surface area contributed by atoms with Crippen LogP contribution in [0.1, 0.15) is 13.3 Å². The third-order valence-electron chi connectivity index (χ3n) is 1.45. The summed E-state index contributed by atoms with van der Waals surface area (Å²) in [4.78, 5) is 21.6. The molecule has 1 unspecified atom stereocenters. The summed E-state index contributed by atoms with van der Waals surface area (Å²) < 4.78 is 4.51. The Hall–Kier alpha value is -1.12. The standard InChI is InChI=1S/C7H8O3/c1-2-5-6(8)3-4-10-7(5)9/h3-5H,2H2,1H3. The van der Waals surface area contributed by atoms with Crippen LogP contribution in [0.5, 0.6) is 0 Å². The minimum atomic E-state index is -0.565. The summed E-state index contributed by atoms with van der Waals surface area (Å²) in [7, 11) is 0. The molecule has 10 heavy (non-hydrogen) atoms. The molecule has 3 nitrogen and oxygen atoms in total. The van der Waals surface area contributed by atoms with Crippen LogP contribution in [0.4, 0.5) is 0 Å². The molecule has 0 saturated heterocycles. The highest BCUT2D eigenvalue weighted by atomic mass is 16.5. The summed E-state index contributed by atoms with van der Waals surface area (Å²) in [5, 5.41) is 0. The minimum Gasteiger partial charge on any atom is -0.434 e. The lowest BCUT2D eigenvalue weighted by atomic mass is 10.0. The summed E-state index contributed by atoms with van der Waals surface area (Å²) in [6.45, 7) is 1.78. The number of hydrogen-bond donors (Lipinski definition) is 0. The van der Waals surface area contributed by atoms with Gasteiger partial charge in [-0.1, -0.05) is 6.92 Å². The molecule has 1 aliphatic rings. The Labute approximate surface area is 58.7 Å². The Morgan fingerprint density at radius 2 is 2.30 bits per heavy atom. The summed E-state index contributed by atoms with van der Waals surface area (Å²) in [5.74, 6) is -1.15. The largest absolute Gasteiger partial charge is 0.434 e. The van der Waals surface area contributed by atoms with Crippen LogP contribution < -0.4 is 0 Å². The average molecular weight is 140 g/mol. The highest BCUT2D eigenvalue weighted by molar-refractivity contribution is 6.06. The van der Waals surface area contributed by atoms with Crippen molar-refractivity contribution < 1.29 is 14.3 Å². The third-order valence-corrected chi connectivity index (χ3v) is 1.45. The number of carbonyl (C=O) groups is 2. The average Bonchev–Trinajstić information content (AvgIpc) is 1.88. The lowest BCUT2D eigenvalue weighted by Gasteiger charge is -2.11. The Balaban J connectivity index is 2.77. The zero-order chi connectivity index (χ0) is 7.56. The number of hydrogen-bond acceptors (Lipinski definition) is 3. The van der Waals surface area contributed by atoms with Crippen molar-refractivity contribution in [3.63, 3.8) is 0 Å². The normalized spacial score (nSPS) is 24.7. The lowest BCUT2D eigenvalue weighted by molar-refractivity contribution is -0.147. The Bertz CT molecular complexity index is 193. The Kier molecular flexibility index (Phi) is 1.85. The number of ether oxygens (including phenoxy) is 1. The van der Waals surface area contributed by atoms with Gasteiger partial charge in [-0.05, 0) is 6.42 Å². The fourth-order valence-electron chi connectivity index (χ4n) is 0.850. The molecule has 0 aromatic rings. The number of allylic oxidation sites excluding steroid dienone is 1. The maximum Gasteiger partial charge on any atom is 0.321 e. The van der Waals surface area contributed by atoms with Crippen LogP contribution in [0, 0.1) is 5.92 Å². The first-order valence-corrected chi connectivity index (χ1v) is 3.16. The van der Waals surface area contributed by atoms with E-state index in [9.17, 15) is 9.59 Å². The van der Waals surface area contributed by atoms with Gasteiger partial charge < -0.3 is 4.74 Å². The highest BCUT2D eigenvalue weighted by Gasteiger charge is 2.26. The van der Waals surface area contributed by atoms with Gasteiger partial charge in [0, 0.05) is 6.08 Å². The van der Waals surface area contributed by atoms with Crippen LogP contribution >= 0.6 is 0 Å². The van der Waals surface area contributed by atoms with E-state index in [-0.39, 0.29) is 5.78 Å². The molecule has 1 aliphatic heterocycles. The number of carbonyl (C=O) groups excluding carboxylic acids is 2. The summed E-state index contributed by atoms with van der Waals surface area (Å²) >= 11 is 0. The first kappa shape index (κ1) is 6.99. The van der Waals surface area contributed by atoms with Crippen molar-refractivity contribution in [2.75, 3.05) is 0 Å². The first-order valence-electron chi connectivity index (χ1n) is 3.16. The van der Waals surface area contributed by atoms with Gasteiger partial charge in [-0.3, -0.25) is 9.59 Å². The van der Waals surface area contributed by atoms with Gasteiger partial charge in [0.15, 0.2) is 5.78 Å². The molecule has 1 rings (SSSR count). The quantitative estimate of drug-likeness (QED) is 0.396. The molecule has 54 valence electrons. The maximum absolute atomic E-state index is 10.8. The minimum absolute atomic E-state index is 0.154. The molecule has 1 atom stereocenters. The van der Waals surface area contributed by atoms with Crippen molar-refractivity contribution in [2.45, 2.75) is 13.3 Å². The van der Waals surface area contributed by atoms with E-state index < -0.39 is 11.9 Å². The van der Waals surface area contributed by atoms with Crippen LogP contribution in [-0.2, 0) is 14.3 Å². The molecule has 0 saturated carbocycles. The smallest absolute Gasteiger partial charge is 0.321 e. The van der Waals surface area contributed by atoms with Crippen LogP contribution in [-0.4, -0.2) is 11.8 Å². The molecule has 0 aliphatic carbocycles. The van der Waals surface area contributed by atoms with Gasteiger partial charge >= 0.3 is 5.97 Å². The summed E-state index contributed by atoms with van der Waals surface area (Å²) in [6.07, 6.45) is 2.94. The molecule has 0 N–H and O–H groups in total. The van der Waals surface area contributed by atoms with Crippen LogP contribution in [0.3, 0.4) is 0 Å². The summed E-state index contributed by atoms with van der Waals surface area (Å²) in [6, 6.07) is 0. The molecule has 0 bridgehead atoms. The molecule has 0 fully saturated rings. The van der Waals surface area contributed by atoms with Gasteiger partial charge in [0.05, 0.1) is 6.26 Å². The lowest BCUT2D eigenvalue weighted by Crippen LogP contribution is -2.26. The molecule has 0 amide bonds. The highest BCUT2D eigenvalue weighted by Crippen LogP contribution is 2.11. The van der Waals surface area contributed by atoms with Gasteiger partial charge in [-0.2, -0.15) is 0 Å². The SMILES string of the molecule is CCC1C(=O)C=COC1=O. The molecule has 0 spiro atoms. The van der Waals surface area contributed by atoms with Crippen molar-refractivity contribution >= 4 is 11.8 Å². The van der Waals surface area contributed by atoms with E-state index in [1.54, 1.807) is 6.92 Å². The van der Waals surface area contributed by atoms with Gasteiger partial charge in [-0.25, -0.2) is 0 Å². The van der Waals surface area contributed by atoms with Gasteiger partial charge in [-0.15, -0.1) is 0 Å². The molecule has 0 aromatic carbocycles. The predicted molar refractivity (Wildman–Crippen MR) is 34.0 cm³/mol.